The Hall–Kier alpha value is -2.82. The van der Waals surface area contributed by atoms with Crippen LogP contribution in [0.25, 0.3) is 11.2 Å². The first-order valence-electron chi connectivity index (χ1n) is 7.09. The smallest absolute Gasteiger partial charge is 0.355 e. The van der Waals surface area contributed by atoms with Gasteiger partial charge < -0.3 is 4.74 Å². The number of nitrogens with zero attached hydrogens (tertiary/aromatic N) is 2. The maximum absolute atomic E-state index is 12.5. The van der Waals surface area contributed by atoms with Crippen LogP contribution in [0, 0.1) is 0 Å². The summed E-state index contributed by atoms with van der Waals surface area (Å²) in [6, 6.07) is 14.2. The topological polar surface area (TPSA) is 52.7 Å². The standard InChI is InChI=1S/C15H12N2O3.C2H6/c1-20-14(18)13-10-12-8-5-9-16(12)15(19)17(13)11-6-3-2-4-7-11;1-2/h2-10H,1H3;1-2H3. The second-order valence-electron chi connectivity index (χ2n) is 4.28. The van der Waals surface area contributed by atoms with Gasteiger partial charge in [0.25, 0.3) is 0 Å². The zero-order chi connectivity index (χ0) is 16.1. The van der Waals surface area contributed by atoms with E-state index in [0.29, 0.717) is 11.2 Å². The van der Waals surface area contributed by atoms with E-state index in [9.17, 15) is 9.59 Å². The predicted molar refractivity (Wildman–Crippen MR) is 85.7 cm³/mol. The predicted octanol–water partition coefficient (Wildman–Crippen LogP) is 2.90. The van der Waals surface area contributed by atoms with E-state index in [2.05, 4.69) is 0 Å². The largest absolute Gasteiger partial charge is 0.464 e. The van der Waals surface area contributed by atoms with Crippen LogP contribution in [0.1, 0.15) is 24.3 Å². The van der Waals surface area contributed by atoms with Crippen LogP contribution in [0.5, 0.6) is 0 Å². The zero-order valence-electron chi connectivity index (χ0n) is 12.8. The molecule has 114 valence electrons. The molecule has 1 aromatic carbocycles. The fourth-order valence-electron chi connectivity index (χ4n) is 2.18. The number of carbonyl (C=O) groups excluding carboxylic acids is 1. The van der Waals surface area contributed by atoms with Gasteiger partial charge in [0.15, 0.2) is 0 Å². The number of hydrogen-bond acceptors (Lipinski definition) is 3. The van der Waals surface area contributed by atoms with Gasteiger partial charge in [-0.15, -0.1) is 0 Å². The summed E-state index contributed by atoms with van der Waals surface area (Å²) in [6.45, 7) is 4.00. The van der Waals surface area contributed by atoms with Gasteiger partial charge in [-0.05, 0) is 30.3 Å². The minimum absolute atomic E-state index is 0.204. The van der Waals surface area contributed by atoms with Crippen molar-refractivity contribution in [2.75, 3.05) is 7.11 Å². The van der Waals surface area contributed by atoms with E-state index < -0.39 is 5.97 Å². The Morgan fingerprint density at radius 2 is 1.73 bits per heavy atom. The van der Waals surface area contributed by atoms with E-state index >= 15 is 0 Å². The van der Waals surface area contributed by atoms with E-state index in [4.69, 9.17) is 4.74 Å². The Bertz CT molecular complexity index is 832. The van der Waals surface area contributed by atoms with Crippen molar-refractivity contribution < 1.29 is 9.53 Å². The molecular weight excluding hydrogens is 280 g/mol. The Labute approximate surface area is 128 Å². The third kappa shape index (κ3) is 2.65. The van der Waals surface area contributed by atoms with Crippen molar-refractivity contribution in [3.05, 3.63) is 70.9 Å². The molecule has 0 radical (unpaired) electrons. The molecule has 0 atom stereocenters. The number of para-hydroxylation sites is 1. The van der Waals surface area contributed by atoms with Gasteiger partial charge in [-0.2, -0.15) is 0 Å². The molecule has 3 aromatic rings. The van der Waals surface area contributed by atoms with Crippen molar-refractivity contribution in [3.8, 4) is 5.69 Å². The maximum Gasteiger partial charge on any atom is 0.355 e. The van der Waals surface area contributed by atoms with Crippen molar-refractivity contribution >= 4 is 11.5 Å². The molecule has 0 aliphatic carbocycles. The van der Waals surface area contributed by atoms with Crippen molar-refractivity contribution in [3.63, 3.8) is 0 Å². The normalized spacial score (nSPS) is 9.95. The second-order valence-corrected chi connectivity index (χ2v) is 4.28. The summed E-state index contributed by atoms with van der Waals surface area (Å²) < 4.78 is 7.60. The van der Waals surface area contributed by atoms with Crippen LogP contribution in [-0.4, -0.2) is 22.0 Å². The van der Waals surface area contributed by atoms with Crippen LogP contribution in [0.2, 0.25) is 0 Å². The zero-order valence-corrected chi connectivity index (χ0v) is 12.8. The Morgan fingerprint density at radius 1 is 1.05 bits per heavy atom. The Balaban J connectivity index is 0.000000847. The lowest BCUT2D eigenvalue weighted by Gasteiger charge is -2.12. The molecule has 3 rings (SSSR count). The van der Waals surface area contributed by atoms with E-state index in [-0.39, 0.29) is 11.4 Å². The minimum atomic E-state index is -0.547. The van der Waals surface area contributed by atoms with Crippen LogP contribution in [0.3, 0.4) is 0 Å². The van der Waals surface area contributed by atoms with Crippen molar-refractivity contribution in [1.82, 2.24) is 8.97 Å². The molecule has 5 nitrogen and oxygen atoms in total. The SMILES string of the molecule is CC.COC(=O)c1cc2cccn2c(=O)n1-c1ccccc1. The van der Waals surface area contributed by atoms with Crippen LogP contribution in [-0.2, 0) is 4.74 Å². The molecule has 2 aromatic heterocycles. The lowest BCUT2D eigenvalue weighted by atomic mass is 10.2. The second kappa shape index (κ2) is 6.76. The highest BCUT2D eigenvalue weighted by atomic mass is 16.5. The van der Waals surface area contributed by atoms with Gasteiger partial charge in [-0.25, -0.2) is 9.59 Å². The lowest BCUT2D eigenvalue weighted by Crippen LogP contribution is -2.29. The average Bonchev–Trinajstić information content (AvgIpc) is 3.05. The maximum atomic E-state index is 12.5. The molecule has 0 N–H and O–H groups in total. The summed E-state index contributed by atoms with van der Waals surface area (Å²) >= 11 is 0. The minimum Gasteiger partial charge on any atom is -0.464 e. The van der Waals surface area contributed by atoms with Crippen LogP contribution < -0.4 is 5.69 Å². The molecule has 0 unspecified atom stereocenters. The Morgan fingerprint density at radius 3 is 2.36 bits per heavy atom. The van der Waals surface area contributed by atoms with Crippen molar-refractivity contribution in [1.29, 1.82) is 0 Å². The van der Waals surface area contributed by atoms with Gasteiger partial charge in [-0.1, -0.05) is 32.0 Å². The number of hydrogen-bond donors (Lipinski definition) is 0. The highest BCUT2D eigenvalue weighted by Crippen LogP contribution is 2.12. The number of aromatic nitrogens is 2. The number of carbonyl (C=O) groups is 1. The van der Waals surface area contributed by atoms with Gasteiger partial charge in [0, 0.05) is 6.20 Å². The van der Waals surface area contributed by atoms with E-state index in [1.165, 1.54) is 16.1 Å². The first-order chi connectivity index (χ1) is 10.7. The highest BCUT2D eigenvalue weighted by Gasteiger charge is 2.16. The lowest BCUT2D eigenvalue weighted by molar-refractivity contribution is 0.0590. The van der Waals surface area contributed by atoms with Crippen LogP contribution in [0.4, 0.5) is 0 Å². The Kier molecular flexibility index (Phi) is 4.78. The molecule has 0 saturated carbocycles. The number of benzene rings is 1. The number of fused-ring (bicyclic) bond motifs is 1. The van der Waals surface area contributed by atoms with Crippen LogP contribution in [0.15, 0.2) is 59.5 Å². The summed E-state index contributed by atoms with van der Waals surface area (Å²) in [6.07, 6.45) is 1.66. The summed E-state index contributed by atoms with van der Waals surface area (Å²) in [4.78, 5) is 24.5. The van der Waals surface area contributed by atoms with Gasteiger partial charge in [0.05, 0.1) is 18.3 Å². The summed E-state index contributed by atoms with van der Waals surface area (Å²) in [7, 11) is 1.30. The molecule has 22 heavy (non-hydrogen) atoms. The number of esters is 1. The third-order valence-corrected chi connectivity index (χ3v) is 3.11. The highest BCUT2D eigenvalue weighted by molar-refractivity contribution is 5.89. The van der Waals surface area contributed by atoms with Gasteiger partial charge in [-0.3, -0.25) is 8.97 Å². The van der Waals surface area contributed by atoms with E-state index in [1.807, 2.05) is 32.0 Å². The molecule has 0 aliphatic rings. The average molecular weight is 298 g/mol. The molecule has 0 bridgehead atoms. The van der Waals surface area contributed by atoms with Crippen molar-refractivity contribution in [2.24, 2.45) is 0 Å². The first-order valence-corrected chi connectivity index (χ1v) is 7.09. The van der Waals surface area contributed by atoms with Crippen LogP contribution >= 0.6 is 0 Å². The molecule has 0 fully saturated rings. The van der Waals surface area contributed by atoms with Gasteiger partial charge in [0.2, 0.25) is 0 Å². The number of methoxy groups -OCH3 is 1. The fourth-order valence-corrected chi connectivity index (χ4v) is 2.18. The summed E-state index contributed by atoms with van der Waals surface area (Å²) in [5.41, 5.74) is 1.17. The number of ether oxygens (including phenoxy) is 1. The molecule has 0 aliphatic heterocycles. The first kappa shape index (κ1) is 15.6. The van der Waals surface area contributed by atoms with E-state index in [1.54, 1.807) is 36.5 Å². The molecule has 2 heterocycles. The van der Waals surface area contributed by atoms with Gasteiger partial charge >= 0.3 is 11.7 Å². The third-order valence-electron chi connectivity index (χ3n) is 3.11. The molecule has 0 amide bonds. The van der Waals surface area contributed by atoms with E-state index in [0.717, 1.165) is 0 Å². The fraction of sp³-hybridized carbons (Fsp3) is 0.176. The summed E-state index contributed by atoms with van der Waals surface area (Å²) in [5.74, 6) is -0.547. The molecule has 0 spiro atoms. The molecule has 0 saturated heterocycles. The molecule has 5 heteroatoms. The molecular formula is C17H18N2O3. The monoisotopic (exact) mass is 298 g/mol. The summed E-state index contributed by atoms with van der Waals surface area (Å²) in [5, 5.41) is 0. The van der Waals surface area contributed by atoms with Crippen molar-refractivity contribution in [2.45, 2.75) is 13.8 Å². The quantitative estimate of drug-likeness (QED) is 0.684. The number of rotatable bonds is 2. The van der Waals surface area contributed by atoms with Gasteiger partial charge in [0.1, 0.15) is 5.69 Å².